The van der Waals surface area contributed by atoms with Gasteiger partial charge in [0.05, 0.1) is 23.5 Å². The first kappa shape index (κ1) is 12.6. The highest BCUT2D eigenvalue weighted by molar-refractivity contribution is 7.11. The van der Waals surface area contributed by atoms with Gasteiger partial charge in [-0.15, -0.1) is 22.9 Å². The number of thiophene rings is 1. The van der Waals surface area contributed by atoms with Gasteiger partial charge in [-0.1, -0.05) is 0 Å². The molecule has 0 unspecified atom stereocenters. The van der Waals surface area contributed by atoms with Crippen LogP contribution >= 0.6 is 22.9 Å². The lowest BCUT2D eigenvalue weighted by atomic mass is 10.3. The molecule has 0 radical (unpaired) electrons. The Bertz CT molecular complexity index is 732. The third-order valence-corrected chi connectivity index (χ3v) is 4.24. The van der Waals surface area contributed by atoms with Crippen molar-refractivity contribution in [3.63, 3.8) is 0 Å². The molecule has 0 amide bonds. The Kier molecular flexibility index (Phi) is 3.29. The Balaban J connectivity index is 2.12. The average molecular weight is 295 g/mol. The number of hydrogen-bond donors (Lipinski definition) is 0. The van der Waals surface area contributed by atoms with E-state index in [1.54, 1.807) is 17.4 Å². The maximum absolute atomic E-state index is 13.4. The molecule has 3 rings (SSSR count). The number of nitrogens with zero attached hydrogens (tertiary/aromatic N) is 2. The molecule has 2 aromatic heterocycles. The highest BCUT2D eigenvalue weighted by Crippen LogP contribution is 2.23. The number of imidazole rings is 1. The van der Waals surface area contributed by atoms with Gasteiger partial charge in [0.25, 0.3) is 0 Å². The minimum Gasteiger partial charge on any atom is -0.322 e. The summed E-state index contributed by atoms with van der Waals surface area (Å²) in [5.74, 6) is 0.839. The summed E-state index contributed by atoms with van der Waals surface area (Å²) >= 11 is 7.67. The van der Waals surface area contributed by atoms with Gasteiger partial charge in [-0.3, -0.25) is 0 Å². The van der Waals surface area contributed by atoms with Gasteiger partial charge in [-0.05, 0) is 37.3 Å². The van der Waals surface area contributed by atoms with E-state index in [0.29, 0.717) is 12.4 Å². The minimum atomic E-state index is -0.253. The van der Waals surface area contributed by atoms with Crippen LogP contribution in [0, 0.1) is 12.7 Å². The minimum absolute atomic E-state index is 0.253. The third kappa shape index (κ3) is 2.38. The molecule has 1 aromatic carbocycles. The first-order valence-electron chi connectivity index (χ1n) is 5.93. The van der Waals surface area contributed by atoms with E-state index in [2.05, 4.69) is 24.0 Å². The van der Waals surface area contributed by atoms with Crippen molar-refractivity contribution in [3.8, 4) is 0 Å². The molecule has 0 saturated heterocycles. The topological polar surface area (TPSA) is 17.8 Å². The molecule has 0 fully saturated rings. The van der Waals surface area contributed by atoms with Crippen molar-refractivity contribution in [2.45, 2.75) is 19.3 Å². The van der Waals surface area contributed by atoms with E-state index >= 15 is 0 Å². The fraction of sp³-hybridized carbons (Fsp3) is 0.214. The van der Waals surface area contributed by atoms with Gasteiger partial charge < -0.3 is 4.57 Å². The zero-order valence-corrected chi connectivity index (χ0v) is 11.9. The van der Waals surface area contributed by atoms with Crippen molar-refractivity contribution in [2.24, 2.45) is 0 Å². The molecule has 3 aromatic rings. The Labute approximate surface area is 119 Å². The molecule has 19 heavy (non-hydrogen) atoms. The van der Waals surface area contributed by atoms with Crippen molar-refractivity contribution in [2.75, 3.05) is 0 Å². The average Bonchev–Trinajstić information content (AvgIpc) is 2.94. The lowest BCUT2D eigenvalue weighted by Crippen LogP contribution is -2.02. The molecule has 0 aliphatic rings. The summed E-state index contributed by atoms with van der Waals surface area (Å²) in [6.07, 6.45) is 0. The van der Waals surface area contributed by atoms with E-state index in [1.165, 1.54) is 21.9 Å². The SMILES string of the molecule is Cc1ccc(Cn2c(CCl)nc3ccc(F)cc32)s1. The molecule has 2 nitrogen and oxygen atoms in total. The Morgan fingerprint density at radius 2 is 2.16 bits per heavy atom. The zero-order chi connectivity index (χ0) is 13.4. The summed E-state index contributed by atoms with van der Waals surface area (Å²) in [4.78, 5) is 6.92. The number of benzene rings is 1. The van der Waals surface area contributed by atoms with Crippen LogP contribution in [-0.2, 0) is 12.4 Å². The number of aryl methyl sites for hydroxylation is 1. The summed E-state index contributed by atoms with van der Waals surface area (Å²) in [7, 11) is 0. The molecule has 5 heteroatoms. The number of fused-ring (bicyclic) bond motifs is 1. The predicted molar refractivity (Wildman–Crippen MR) is 77.4 cm³/mol. The largest absolute Gasteiger partial charge is 0.322 e. The number of alkyl halides is 1. The Morgan fingerprint density at radius 1 is 1.32 bits per heavy atom. The summed E-state index contributed by atoms with van der Waals surface area (Å²) in [6.45, 7) is 2.75. The quantitative estimate of drug-likeness (QED) is 0.657. The Morgan fingerprint density at radius 3 is 2.84 bits per heavy atom. The molecule has 0 aliphatic heterocycles. The van der Waals surface area contributed by atoms with Gasteiger partial charge in [0.1, 0.15) is 11.6 Å². The van der Waals surface area contributed by atoms with Gasteiger partial charge in [-0.25, -0.2) is 9.37 Å². The van der Waals surface area contributed by atoms with Crippen LogP contribution in [0.1, 0.15) is 15.6 Å². The van der Waals surface area contributed by atoms with Crippen LogP contribution in [0.5, 0.6) is 0 Å². The van der Waals surface area contributed by atoms with Gasteiger partial charge in [0, 0.05) is 9.75 Å². The number of halogens is 2. The molecule has 0 aliphatic carbocycles. The second kappa shape index (κ2) is 4.94. The number of hydrogen-bond acceptors (Lipinski definition) is 2. The van der Waals surface area contributed by atoms with E-state index in [9.17, 15) is 4.39 Å². The maximum Gasteiger partial charge on any atom is 0.125 e. The third-order valence-electron chi connectivity index (χ3n) is 3.02. The van der Waals surface area contributed by atoms with Crippen molar-refractivity contribution in [1.82, 2.24) is 9.55 Å². The number of aromatic nitrogens is 2. The Hall–Kier alpha value is -1.39. The normalized spacial score (nSPS) is 11.3. The van der Waals surface area contributed by atoms with Gasteiger partial charge in [0.15, 0.2) is 0 Å². The van der Waals surface area contributed by atoms with Crippen molar-refractivity contribution < 1.29 is 4.39 Å². The van der Waals surface area contributed by atoms with E-state index in [1.807, 2.05) is 4.57 Å². The molecular weight excluding hydrogens is 283 g/mol. The highest BCUT2D eigenvalue weighted by Gasteiger charge is 2.11. The fourth-order valence-corrected chi connectivity index (χ4v) is 3.23. The van der Waals surface area contributed by atoms with Gasteiger partial charge in [-0.2, -0.15) is 0 Å². The molecule has 0 spiro atoms. The summed E-state index contributed by atoms with van der Waals surface area (Å²) in [6, 6.07) is 8.80. The van der Waals surface area contributed by atoms with Crippen LogP contribution in [0.3, 0.4) is 0 Å². The first-order chi connectivity index (χ1) is 9.17. The van der Waals surface area contributed by atoms with Crippen molar-refractivity contribution >= 4 is 34.0 Å². The molecule has 2 heterocycles. The number of rotatable bonds is 3. The summed E-state index contributed by atoms with van der Waals surface area (Å²) in [5, 5.41) is 0. The summed E-state index contributed by atoms with van der Waals surface area (Å²) in [5.41, 5.74) is 1.58. The molecule has 0 atom stereocenters. The second-order valence-corrected chi connectivity index (χ2v) is 6.03. The molecule has 0 bridgehead atoms. The lowest BCUT2D eigenvalue weighted by Gasteiger charge is -2.05. The van der Waals surface area contributed by atoms with Crippen LogP contribution in [-0.4, -0.2) is 9.55 Å². The van der Waals surface area contributed by atoms with E-state index < -0.39 is 0 Å². The van der Waals surface area contributed by atoms with Crippen LogP contribution in [0.4, 0.5) is 4.39 Å². The van der Waals surface area contributed by atoms with Gasteiger partial charge >= 0.3 is 0 Å². The van der Waals surface area contributed by atoms with Crippen LogP contribution in [0.2, 0.25) is 0 Å². The standard InChI is InChI=1S/C14H12ClFN2S/c1-9-2-4-11(19-9)8-18-13-6-10(16)3-5-12(13)17-14(18)7-15/h2-6H,7-8H2,1H3. The molecular formula is C14H12ClFN2S. The molecule has 0 N–H and O–H groups in total. The lowest BCUT2D eigenvalue weighted by molar-refractivity contribution is 0.628. The predicted octanol–water partition coefficient (Wildman–Crippen LogP) is 4.33. The first-order valence-corrected chi connectivity index (χ1v) is 7.28. The smallest absolute Gasteiger partial charge is 0.125 e. The van der Waals surface area contributed by atoms with Crippen molar-refractivity contribution in [3.05, 3.63) is 51.7 Å². The molecule has 98 valence electrons. The zero-order valence-electron chi connectivity index (χ0n) is 10.4. The van der Waals surface area contributed by atoms with Crippen LogP contribution in [0.25, 0.3) is 11.0 Å². The fourth-order valence-electron chi connectivity index (χ4n) is 2.15. The van der Waals surface area contributed by atoms with E-state index in [4.69, 9.17) is 11.6 Å². The van der Waals surface area contributed by atoms with Crippen LogP contribution in [0.15, 0.2) is 30.3 Å². The summed E-state index contributed by atoms with van der Waals surface area (Å²) < 4.78 is 15.4. The van der Waals surface area contributed by atoms with E-state index in [-0.39, 0.29) is 5.82 Å². The van der Waals surface area contributed by atoms with Crippen molar-refractivity contribution in [1.29, 1.82) is 0 Å². The second-order valence-electron chi connectivity index (χ2n) is 4.39. The highest BCUT2D eigenvalue weighted by atomic mass is 35.5. The monoisotopic (exact) mass is 294 g/mol. The van der Waals surface area contributed by atoms with Crippen LogP contribution < -0.4 is 0 Å². The van der Waals surface area contributed by atoms with E-state index in [0.717, 1.165) is 16.9 Å². The maximum atomic E-state index is 13.4. The molecule has 0 saturated carbocycles. The van der Waals surface area contributed by atoms with Gasteiger partial charge in [0.2, 0.25) is 0 Å².